The Kier molecular flexibility index (Phi) is 6.95. The largest absolute Gasteiger partial charge is 0.363 e. The standard InChI is InChI=1S/C34H41N5O3S/c1-7-18-39-31(40)25-16-17-27(32(2,3)4)36-30(25)38-22-34(21-33(38,5)6)20-24(34)19-26(23-12-9-8-10-13-23)35-28-14-11-15-29(37-28)43(39,41)42/h7-17,24,26H,1,18-22H2,2-6H3,(H,35,37). The van der Waals surface area contributed by atoms with Crippen LogP contribution in [0, 0.1) is 11.3 Å². The molecule has 1 spiro atoms. The van der Waals surface area contributed by atoms with Crippen molar-refractivity contribution in [2.45, 2.75) is 75.9 Å². The van der Waals surface area contributed by atoms with E-state index in [-0.39, 0.29) is 39.5 Å². The number of amides is 1. The number of anilines is 2. The molecule has 226 valence electrons. The Morgan fingerprint density at radius 3 is 2.49 bits per heavy atom. The van der Waals surface area contributed by atoms with Gasteiger partial charge in [0.2, 0.25) is 0 Å². The van der Waals surface area contributed by atoms with Crippen LogP contribution < -0.4 is 10.2 Å². The van der Waals surface area contributed by atoms with Gasteiger partial charge in [-0.1, -0.05) is 63.2 Å². The van der Waals surface area contributed by atoms with Gasteiger partial charge in [0.25, 0.3) is 15.9 Å². The molecule has 9 heteroatoms. The summed E-state index contributed by atoms with van der Waals surface area (Å²) in [5.74, 6) is 0.817. The van der Waals surface area contributed by atoms with E-state index in [0.29, 0.717) is 17.6 Å². The fourth-order valence-corrected chi connectivity index (χ4v) is 8.35. The number of pyridine rings is 2. The van der Waals surface area contributed by atoms with Crippen LogP contribution in [-0.4, -0.2) is 47.2 Å². The monoisotopic (exact) mass is 599 g/mol. The molecule has 1 aromatic carbocycles. The van der Waals surface area contributed by atoms with Gasteiger partial charge in [-0.2, -0.15) is 8.42 Å². The first-order valence-corrected chi connectivity index (χ1v) is 16.4. The van der Waals surface area contributed by atoms with Gasteiger partial charge < -0.3 is 10.2 Å². The van der Waals surface area contributed by atoms with E-state index in [9.17, 15) is 13.2 Å². The lowest BCUT2D eigenvalue weighted by molar-refractivity contribution is 0.0871. The minimum atomic E-state index is -4.33. The number of sulfonamides is 1. The zero-order valence-corrected chi connectivity index (χ0v) is 26.5. The minimum Gasteiger partial charge on any atom is -0.363 e. The Hall–Kier alpha value is -3.72. The molecule has 3 atom stereocenters. The molecule has 6 rings (SSSR count). The second kappa shape index (κ2) is 10.2. The van der Waals surface area contributed by atoms with Crippen LogP contribution in [0.5, 0.6) is 0 Å². The molecule has 2 aromatic heterocycles. The second-order valence-electron chi connectivity index (χ2n) is 14.0. The van der Waals surface area contributed by atoms with Crippen LogP contribution in [0.1, 0.15) is 81.5 Å². The summed E-state index contributed by atoms with van der Waals surface area (Å²) in [6.45, 7) is 15.0. The number of hydrogen-bond donors (Lipinski definition) is 1. The Balaban J connectivity index is 1.55. The Labute approximate surface area is 255 Å². The number of benzene rings is 1. The highest BCUT2D eigenvalue weighted by Crippen LogP contribution is 2.65. The summed E-state index contributed by atoms with van der Waals surface area (Å²) in [4.78, 5) is 26.2. The van der Waals surface area contributed by atoms with E-state index in [2.05, 4.69) is 68.5 Å². The van der Waals surface area contributed by atoms with Gasteiger partial charge >= 0.3 is 0 Å². The van der Waals surface area contributed by atoms with E-state index in [4.69, 9.17) is 4.98 Å². The number of nitrogens with one attached hydrogen (secondary N) is 1. The molecule has 1 saturated carbocycles. The Morgan fingerprint density at radius 2 is 1.79 bits per heavy atom. The SMILES string of the molecule is C=CCN1C(=O)c2ccc(C(C)(C)C)nc2N2CC3(CC3CC(c3ccccc3)Nc3cccc(n3)S1(=O)=O)CC2(C)C. The van der Waals surface area contributed by atoms with Crippen molar-refractivity contribution in [3.8, 4) is 0 Å². The molecule has 2 aliphatic heterocycles. The number of rotatable bonds is 3. The number of aromatic nitrogens is 2. The zero-order valence-electron chi connectivity index (χ0n) is 25.7. The summed E-state index contributed by atoms with van der Waals surface area (Å²) < 4.78 is 29.1. The summed E-state index contributed by atoms with van der Waals surface area (Å²) in [6.07, 6.45) is 4.36. The summed E-state index contributed by atoms with van der Waals surface area (Å²) in [7, 11) is -4.33. The molecule has 8 nitrogen and oxygen atoms in total. The van der Waals surface area contributed by atoms with E-state index in [1.165, 1.54) is 12.1 Å². The molecule has 1 amide bonds. The Bertz CT molecular complexity index is 1680. The number of carbonyl (C=O) groups is 1. The third kappa shape index (κ3) is 5.22. The number of hydrogen-bond acceptors (Lipinski definition) is 7. The van der Waals surface area contributed by atoms with Crippen LogP contribution in [0.2, 0.25) is 0 Å². The van der Waals surface area contributed by atoms with E-state index in [1.54, 1.807) is 18.2 Å². The number of fused-ring (bicyclic) bond motifs is 5. The average Bonchev–Trinajstić information content (AvgIpc) is 3.53. The van der Waals surface area contributed by atoms with Crippen LogP contribution in [0.4, 0.5) is 11.6 Å². The van der Waals surface area contributed by atoms with Crippen LogP contribution in [0.25, 0.3) is 0 Å². The van der Waals surface area contributed by atoms with E-state index >= 15 is 0 Å². The quantitative estimate of drug-likeness (QED) is 0.351. The van der Waals surface area contributed by atoms with Crippen molar-refractivity contribution in [3.05, 3.63) is 90.1 Å². The van der Waals surface area contributed by atoms with Gasteiger partial charge in [0.05, 0.1) is 18.2 Å². The van der Waals surface area contributed by atoms with Crippen molar-refractivity contribution in [2.75, 3.05) is 23.3 Å². The fraction of sp³-hybridized carbons (Fsp3) is 0.441. The highest BCUT2D eigenvalue weighted by atomic mass is 32.2. The van der Waals surface area contributed by atoms with E-state index in [0.717, 1.165) is 41.4 Å². The highest BCUT2D eigenvalue weighted by molar-refractivity contribution is 7.89. The molecule has 4 bridgehead atoms. The zero-order chi connectivity index (χ0) is 30.8. The lowest BCUT2D eigenvalue weighted by atomic mass is 9.89. The molecule has 3 unspecified atom stereocenters. The van der Waals surface area contributed by atoms with Crippen LogP contribution in [0.15, 0.2) is 78.3 Å². The molecule has 3 aliphatic rings. The van der Waals surface area contributed by atoms with Crippen molar-refractivity contribution in [1.82, 2.24) is 14.3 Å². The van der Waals surface area contributed by atoms with Gasteiger partial charge in [-0.15, -0.1) is 6.58 Å². The lowest BCUT2D eigenvalue weighted by Gasteiger charge is -2.35. The third-order valence-corrected chi connectivity index (χ3v) is 11.0. The van der Waals surface area contributed by atoms with Gasteiger partial charge in [0, 0.05) is 23.2 Å². The second-order valence-corrected chi connectivity index (χ2v) is 15.8. The van der Waals surface area contributed by atoms with Crippen molar-refractivity contribution in [3.63, 3.8) is 0 Å². The molecule has 3 aromatic rings. The number of nitrogens with zero attached hydrogens (tertiary/aromatic N) is 4. The summed E-state index contributed by atoms with van der Waals surface area (Å²) >= 11 is 0. The van der Waals surface area contributed by atoms with Crippen molar-refractivity contribution < 1.29 is 13.2 Å². The summed E-state index contributed by atoms with van der Waals surface area (Å²) in [6, 6.07) is 18.7. The maximum absolute atomic E-state index is 14.3. The molecule has 1 N–H and O–H groups in total. The fourth-order valence-electron chi connectivity index (χ4n) is 7.04. The highest BCUT2D eigenvalue weighted by Gasteiger charge is 2.63. The molecular formula is C34H41N5O3S. The van der Waals surface area contributed by atoms with E-state index < -0.39 is 15.9 Å². The van der Waals surface area contributed by atoms with Gasteiger partial charge in [0.1, 0.15) is 11.6 Å². The lowest BCUT2D eigenvalue weighted by Crippen LogP contribution is -2.42. The van der Waals surface area contributed by atoms with Crippen LogP contribution in [-0.2, 0) is 15.4 Å². The van der Waals surface area contributed by atoms with E-state index in [1.807, 2.05) is 24.3 Å². The van der Waals surface area contributed by atoms with Crippen molar-refractivity contribution >= 4 is 27.6 Å². The molecular weight excluding hydrogens is 558 g/mol. The van der Waals surface area contributed by atoms with Gasteiger partial charge in [-0.25, -0.2) is 14.3 Å². The predicted molar refractivity (Wildman–Crippen MR) is 170 cm³/mol. The smallest absolute Gasteiger partial charge is 0.284 e. The van der Waals surface area contributed by atoms with Gasteiger partial charge in [-0.3, -0.25) is 4.79 Å². The predicted octanol–water partition coefficient (Wildman–Crippen LogP) is 6.34. The van der Waals surface area contributed by atoms with Crippen molar-refractivity contribution in [1.29, 1.82) is 0 Å². The van der Waals surface area contributed by atoms with Crippen LogP contribution >= 0.6 is 0 Å². The first-order valence-electron chi connectivity index (χ1n) is 15.0. The van der Waals surface area contributed by atoms with Gasteiger partial charge in [0.15, 0.2) is 5.03 Å². The average molecular weight is 600 g/mol. The molecule has 1 saturated heterocycles. The van der Waals surface area contributed by atoms with Gasteiger partial charge in [-0.05, 0) is 74.3 Å². The van der Waals surface area contributed by atoms with Crippen LogP contribution in [0.3, 0.4) is 0 Å². The normalized spacial score (nSPS) is 25.9. The maximum Gasteiger partial charge on any atom is 0.284 e. The maximum atomic E-state index is 14.3. The summed E-state index contributed by atoms with van der Waals surface area (Å²) in [5, 5.41) is 3.36. The minimum absolute atomic E-state index is 0.0536. The molecule has 4 heterocycles. The summed E-state index contributed by atoms with van der Waals surface area (Å²) in [5.41, 5.74) is 1.79. The topological polar surface area (TPSA) is 95.5 Å². The first-order chi connectivity index (χ1) is 20.2. The molecule has 1 aliphatic carbocycles. The third-order valence-electron chi connectivity index (χ3n) is 9.32. The molecule has 0 radical (unpaired) electrons. The molecule has 2 fully saturated rings. The number of carbonyl (C=O) groups excluding carboxylic acids is 1. The molecule has 43 heavy (non-hydrogen) atoms. The Morgan fingerprint density at radius 1 is 1.05 bits per heavy atom. The first kappa shape index (κ1) is 29.4. The van der Waals surface area contributed by atoms with Crippen molar-refractivity contribution in [2.24, 2.45) is 11.3 Å².